The van der Waals surface area contributed by atoms with E-state index in [1.165, 1.54) is 0 Å². The van der Waals surface area contributed by atoms with Crippen LogP contribution in [0.25, 0.3) is 11.1 Å². The highest BCUT2D eigenvalue weighted by Crippen LogP contribution is 2.28. The van der Waals surface area contributed by atoms with Gasteiger partial charge in [0.15, 0.2) is 5.78 Å². The average Bonchev–Trinajstić information content (AvgIpc) is 2.69. The summed E-state index contributed by atoms with van der Waals surface area (Å²) < 4.78 is 5.74. The maximum Gasteiger partial charge on any atom is 0.219 e. The van der Waals surface area contributed by atoms with Crippen molar-refractivity contribution < 1.29 is 9.53 Å². The summed E-state index contributed by atoms with van der Waals surface area (Å²) in [6.45, 7) is 0.457. The molecule has 3 aromatic rings. The molecule has 1 aliphatic heterocycles. The Morgan fingerprint density at radius 1 is 1.04 bits per heavy atom. The molecule has 0 amide bonds. The fourth-order valence-corrected chi connectivity index (χ4v) is 2.88. The first kappa shape index (κ1) is 16.1. The minimum absolute atomic E-state index is 0.00844. The first-order valence-electron chi connectivity index (χ1n) is 8.20. The first-order chi connectivity index (χ1) is 12.7. The molecule has 2 N–H and O–H groups in total. The molecule has 0 saturated heterocycles. The maximum absolute atomic E-state index is 12.1. The number of nitrogens with two attached hydrogens (primary N) is 1. The SMILES string of the molecule is NCC1=NCC(=O)c2ccc(-c3cncc(Oc4ccccn4)c3)cc21. The summed E-state index contributed by atoms with van der Waals surface area (Å²) in [4.78, 5) is 24.7. The van der Waals surface area contributed by atoms with Crippen LogP contribution in [0.4, 0.5) is 0 Å². The van der Waals surface area contributed by atoms with Crippen LogP contribution in [0.1, 0.15) is 15.9 Å². The maximum atomic E-state index is 12.1. The predicted molar refractivity (Wildman–Crippen MR) is 98.8 cm³/mol. The van der Waals surface area contributed by atoms with Gasteiger partial charge in [-0.3, -0.25) is 14.8 Å². The zero-order chi connectivity index (χ0) is 17.9. The zero-order valence-electron chi connectivity index (χ0n) is 13.9. The number of aliphatic imine (C=N–C) groups is 1. The van der Waals surface area contributed by atoms with Crippen molar-refractivity contribution in [1.29, 1.82) is 0 Å². The summed E-state index contributed by atoms with van der Waals surface area (Å²) >= 11 is 0. The topological polar surface area (TPSA) is 90.5 Å². The standard InChI is InChI=1S/C20H16N4O2/c21-9-18-17-8-13(4-5-16(17)19(25)12-24-18)14-7-15(11-22-10-14)26-20-3-1-2-6-23-20/h1-8,10-11H,9,12,21H2. The van der Waals surface area contributed by atoms with Gasteiger partial charge >= 0.3 is 0 Å². The first-order valence-corrected chi connectivity index (χ1v) is 8.20. The highest BCUT2D eigenvalue weighted by molar-refractivity contribution is 6.16. The van der Waals surface area contributed by atoms with Gasteiger partial charge in [-0.05, 0) is 23.8 Å². The van der Waals surface area contributed by atoms with E-state index in [0.29, 0.717) is 23.7 Å². The van der Waals surface area contributed by atoms with Gasteiger partial charge in [-0.15, -0.1) is 0 Å². The third kappa shape index (κ3) is 3.10. The lowest BCUT2D eigenvalue weighted by molar-refractivity contribution is 0.1000. The molecule has 0 fully saturated rings. The number of carbonyl (C=O) groups is 1. The Morgan fingerprint density at radius 3 is 2.77 bits per heavy atom. The Bertz CT molecular complexity index is 1000. The molecule has 128 valence electrons. The molecule has 0 saturated carbocycles. The van der Waals surface area contributed by atoms with Gasteiger partial charge in [-0.1, -0.05) is 18.2 Å². The van der Waals surface area contributed by atoms with Crippen LogP contribution in [0.5, 0.6) is 11.6 Å². The van der Waals surface area contributed by atoms with Gasteiger partial charge in [-0.25, -0.2) is 4.98 Å². The second-order valence-corrected chi connectivity index (χ2v) is 5.83. The number of carbonyl (C=O) groups excluding carboxylic acids is 1. The van der Waals surface area contributed by atoms with E-state index in [4.69, 9.17) is 10.5 Å². The summed E-state index contributed by atoms with van der Waals surface area (Å²) in [6.07, 6.45) is 5.05. The molecule has 4 rings (SSSR count). The third-order valence-electron chi connectivity index (χ3n) is 4.14. The quantitative estimate of drug-likeness (QED) is 0.786. The predicted octanol–water partition coefficient (Wildman–Crippen LogP) is 2.88. The molecule has 0 aliphatic carbocycles. The van der Waals surface area contributed by atoms with Crippen LogP contribution in [0.3, 0.4) is 0 Å². The lowest BCUT2D eigenvalue weighted by atomic mass is 9.93. The number of hydrogen-bond donors (Lipinski definition) is 1. The smallest absolute Gasteiger partial charge is 0.219 e. The number of nitrogens with zero attached hydrogens (tertiary/aromatic N) is 3. The molecule has 26 heavy (non-hydrogen) atoms. The highest BCUT2D eigenvalue weighted by atomic mass is 16.5. The summed E-state index contributed by atoms with van der Waals surface area (Å²) in [7, 11) is 0. The van der Waals surface area contributed by atoms with Gasteiger partial charge < -0.3 is 10.5 Å². The molecule has 0 radical (unpaired) electrons. The second-order valence-electron chi connectivity index (χ2n) is 5.83. The molecule has 0 unspecified atom stereocenters. The third-order valence-corrected chi connectivity index (χ3v) is 4.14. The van der Waals surface area contributed by atoms with E-state index < -0.39 is 0 Å². The molecule has 3 heterocycles. The lowest BCUT2D eigenvalue weighted by Crippen LogP contribution is -2.24. The van der Waals surface area contributed by atoms with Crippen LogP contribution < -0.4 is 10.5 Å². The van der Waals surface area contributed by atoms with Crippen molar-refractivity contribution >= 4 is 11.5 Å². The minimum atomic E-state index is 0.00844. The number of pyridine rings is 2. The average molecular weight is 344 g/mol. The van der Waals surface area contributed by atoms with E-state index in [1.807, 2.05) is 36.4 Å². The lowest BCUT2D eigenvalue weighted by Gasteiger charge is -2.16. The molecule has 6 heteroatoms. The van der Waals surface area contributed by atoms with E-state index in [9.17, 15) is 4.79 Å². The Labute approximate surface area is 150 Å². The zero-order valence-corrected chi connectivity index (χ0v) is 13.9. The Morgan fingerprint density at radius 2 is 1.96 bits per heavy atom. The molecular weight excluding hydrogens is 328 g/mol. The van der Waals surface area contributed by atoms with E-state index in [1.54, 1.807) is 24.7 Å². The summed E-state index contributed by atoms with van der Waals surface area (Å²) in [6, 6.07) is 13.0. The van der Waals surface area contributed by atoms with Crippen LogP contribution in [-0.4, -0.2) is 34.6 Å². The molecule has 1 aromatic carbocycles. The van der Waals surface area contributed by atoms with Crippen molar-refractivity contribution in [3.63, 3.8) is 0 Å². The van der Waals surface area contributed by atoms with Crippen molar-refractivity contribution in [2.75, 3.05) is 13.1 Å². The van der Waals surface area contributed by atoms with Crippen molar-refractivity contribution in [1.82, 2.24) is 9.97 Å². The number of rotatable bonds is 4. The van der Waals surface area contributed by atoms with Gasteiger partial charge in [-0.2, -0.15) is 0 Å². The van der Waals surface area contributed by atoms with Gasteiger partial charge in [0.1, 0.15) is 12.3 Å². The number of Topliss-reactive ketones (excluding diaryl/α,β-unsaturated/α-hetero) is 1. The van der Waals surface area contributed by atoms with Gasteiger partial charge in [0, 0.05) is 41.7 Å². The molecule has 2 aromatic heterocycles. The van der Waals surface area contributed by atoms with Crippen LogP contribution in [0.15, 0.2) is 66.0 Å². The van der Waals surface area contributed by atoms with Crippen molar-refractivity contribution in [2.24, 2.45) is 10.7 Å². The number of benzene rings is 1. The number of ether oxygens (including phenoxy) is 1. The molecule has 0 atom stereocenters. The molecule has 1 aliphatic rings. The van der Waals surface area contributed by atoms with Crippen LogP contribution in [0.2, 0.25) is 0 Å². The summed E-state index contributed by atoms with van der Waals surface area (Å²) in [5.41, 5.74) is 9.77. The second kappa shape index (κ2) is 6.85. The fraction of sp³-hybridized carbons (Fsp3) is 0.100. The van der Waals surface area contributed by atoms with Crippen LogP contribution in [0, 0.1) is 0 Å². The number of fused-ring (bicyclic) bond motifs is 1. The van der Waals surface area contributed by atoms with Crippen molar-refractivity contribution in [3.8, 4) is 22.8 Å². The van der Waals surface area contributed by atoms with E-state index >= 15 is 0 Å². The number of hydrogen-bond acceptors (Lipinski definition) is 6. The molecule has 6 nitrogen and oxygen atoms in total. The van der Waals surface area contributed by atoms with Crippen molar-refractivity contribution in [3.05, 3.63) is 72.2 Å². The molecule has 0 bridgehead atoms. The number of aromatic nitrogens is 2. The van der Waals surface area contributed by atoms with Crippen molar-refractivity contribution in [2.45, 2.75) is 0 Å². The Kier molecular flexibility index (Phi) is 4.25. The Hall–Kier alpha value is -3.38. The van der Waals surface area contributed by atoms with Gasteiger partial charge in [0.2, 0.25) is 5.88 Å². The van der Waals surface area contributed by atoms with Gasteiger partial charge in [0.05, 0.1) is 11.9 Å². The monoisotopic (exact) mass is 344 g/mol. The van der Waals surface area contributed by atoms with E-state index in [0.717, 1.165) is 22.4 Å². The number of ketones is 1. The van der Waals surface area contributed by atoms with E-state index in [-0.39, 0.29) is 12.3 Å². The molecular formula is C20H16N4O2. The van der Waals surface area contributed by atoms with Crippen LogP contribution >= 0.6 is 0 Å². The fourth-order valence-electron chi connectivity index (χ4n) is 2.88. The van der Waals surface area contributed by atoms with Gasteiger partial charge in [0.25, 0.3) is 0 Å². The Balaban J connectivity index is 1.69. The summed E-state index contributed by atoms with van der Waals surface area (Å²) in [5, 5.41) is 0. The van der Waals surface area contributed by atoms with E-state index in [2.05, 4.69) is 15.0 Å². The highest BCUT2D eigenvalue weighted by Gasteiger charge is 2.20. The largest absolute Gasteiger partial charge is 0.437 e. The normalized spacial score (nSPS) is 13.1. The van der Waals surface area contributed by atoms with Crippen LogP contribution in [-0.2, 0) is 0 Å². The minimum Gasteiger partial charge on any atom is -0.437 e. The summed E-state index contributed by atoms with van der Waals surface area (Å²) in [5.74, 6) is 1.09. The molecule has 0 spiro atoms.